The lowest BCUT2D eigenvalue weighted by Crippen LogP contribution is -2.33. The number of imide groups is 1. The molecule has 4 rings (SSSR count). The molecular formula is C21H20N2O6S. The third kappa shape index (κ3) is 3.61. The maximum Gasteiger partial charge on any atom is 0.363 e. The summed E-state index contributed by atoms with van der Waals surface area (Å²) in [5.74, 6) is -2.36. The number of carbonyl (C=O) groups excluding carboxylic acids is 3. The van der Waals surface area contributed by atoms with Crippen molar-refractivity contribution >= 4 is 27.8 Å². The van der Waals surface area contributed by atoms with Crippen molar-refractivity contribution in [2.24, 2.45) is 0 Å². The minimum Gasteiger partial charge on any atom is -0.324 e. The summed E-state index contributed by atoms with van der Waals surface area (Å²) in [7, 11) is -3.64. The number of hydrogen-bond donors (Lipinski definition) is 0. The van der Waals surface area contributed by atoms with Gasteiger partial charge in [-0.05, 0) is 49.2 Å². The summed E-state index contributed by atoms with van der Waals surface area (Å²) < 4.78 is 27.1. The Morgan fingerprint density at radius 2 is 1.33 bits per heavy atom. The topological polar surface area (TPSA) is 101 Å². The molecule has 0 radical (unpaired) electrons. The van der Waals surface area contributed by atoms with E-state index < -0.39 is 27.8 Å². The highest BCUT2D eigenvalue weighted by atomic mass is 32.2. The first-order valence-electron chi connectivity index (χ1n) is 9.70. The van der Waals surface area contributed by atoms with E-state index in [4.69, 9.17) is 4.84 Å². The van der Waals surface area contributed by atoms with Gasteiger partial charge in [-0.25, -0.2) is 13.2 Å². The Hall–Kier alpha value is -3.04. The Labute approximate surface area is 174 Å². The largest absolute Gasteiger partial charge is 0.363 e. The van der Waals surface area contributed by atoms with Gasteiger partial charge in [-0.2, -0.15) is 4.31 Å². The fourth-order valence-corrected chi connectivity index (χ4v) is 5.10. The van der Waals surface area contributed by atoms with Gasteiger partial charge in [0.25, 0.3) is 11.8 Å². The molecule has 9 heteroatoms. The monoisotopic (exact) mass is 428 g/mol. The van der Waals surface area contributed by atoms with Crippen molar-refractivity contribution in [3.05, 3.63) is 65.2 Å². The molecule has 1 fully saturated rings. The fourth-order valence-electron chi connectivity index (χ4n) is 3.58. The number of hydroxylamine groups is 2. The Bertz CT molecular complexity index is 1070. The second-order valence-corrected chi connectivity index (χ2v) is 9.11. The average Bonchev–Trinajstić information content (AvgIpc) is 2.95. The summed E-state index contributed by atoms with van der Waals surface area (Å²) in [5, 5.41) is 0.425. The number of carbonyl (C=O) groups is 3. The van der Waals surface area contributed by atoms with E-state index in [1.807, 2.05) is 0 Å². The highest BCUT2D eigenvalue weighted by Crippen LogP contribution is 2.24. The summed E-state index contributed by atoms with van der Waals surface area (Å²) in [6, 6.07) is 11.5. The van der Waals surface area contributed by atoms with Crippen molar-refractivity contribution in [1.82, 2.24) is 9.37 Å². The van der Waals surface area contributed by atoms with Gasteiger partial charge < -0.3 is 4.84 Å². The number of benzene rings is 2. The molecule has 0 aliphatic carbocycles. The van der Waals surface area contributed by atoms with Gasteiger partial charge in [-0.15, -0.1) is 0 Å². The normalized spacial score (nSPS) is 17.5. The van der Waals surface area contributed by atoms with Crippen LogP contribution < -0.4 is 0 Å². The number of rotatable bonds is 4. The molecule has 2 heterocycles. The quantitative estimate of drug-likeness (QED) is 0.694. The minimum absolute atomic E-state index is 0.0290. The lowest BCUT2D eigenvalue weighted by atomic mass is 10.1. The Morgan fingerprint density at radius 3 is 1.87 bits per heavy atom. The molecular weight excluding hydrogens is 408 g/mol. The zero-order valence-corrected chi connectivity index (χ0v) is 16.9. The van der Waals surface area contributed by atoms with E-state index in [9.17, 15) is 22.8 Å². The first kappa shape index (κ1) is 20.2. The third-order valence-corrected chi connectivity index (χ3v) is 7.14. The molecule has 0 atom stereocenters. The predicted octanol–water partition coefficient (Wildman–Crippen LogP) is 2.62. The van der Waals surface area contributed by atoms with Crippen LogP contribution in [0.15, 0.2) is 53.4 Å². The highest BCUT2D eigenvalue weighted by Gasteiger charge is 2.38. The van der Waals surface area contributed by atoms with Gasteiger partial charge in [-0.1, -0.05) is 30.0 Å². The fraction of sp³-hybridized carbons (Fsp3) is 0.286. The maximum atomic E-state index is 12.8. The summed E-state index contributed by atoms with van der Waals surface area (Å²) in [5.41, 5.74) is 0.352. The Balaban J connectivity index is 1.49. The van der Waals surface area contributed by atoms with Gasteiger partial charge >= 0.3 is 5.97 Å². The van der Waals surface area contributed by atoms with E-state index in [1.165, 1.54) is 40.7 Å². The Morgan fingerprint density at radius 1 is 0.800 bits per heavy atom. The van der Waals surface area contributed by atoms with E-state index >= 15 is 0 Å². The van der Waals surface area contributed by atoms with Crippen molar-refractivity contribution in [2.75, 3.05) is 13.1 Å². The van der Waals surface area contributed by atoms with Crippen LogP contribution in [0.1, 0.15) is 56.8 Å². The lowest BCUT2D eigenvalue weighted by Gasteiger charge is -2.20. The zero-order chi connectivity index (χ0) is 21.3. The number of hydrogen-bond acceptors (Lipinski definition) is 6. The lowest BCUT2D eigenvalue weighted by molar-refractivity contribution is -0.0584. The molecule has 2 aromatic carbocycles. The van der Waals surface area contributed by atoms with Crippen molar-refractivity contribution in [1.29, 1.82) is 0 Å². The summed E-state index contributed by atoms with van der Waals surface area (Å²) in [6.07, 6.45) is 3.66. The van der Waals surface area contributed by atoms with Crippen molar-refractivity contribution in [2.45, 2.75) is 30.6 Å². The van der Waals surface area contributed by atoms with Gasteiger partial charge in [0.05, 0.1) is 21.6 Å². The van der Waals surface area contributed by atoms with Crippen LogP contribution in [0.2, 0.25) is 0 Å². The zero-order valence-electron chi connectivity index (χ0n) is 16.1. The molecule has 2 amide bonds. The highest BCUT2D eigenvalue weighted by molar-refractivity contribution is 7.89. The Kier molecular flexibility index (Phi) is 5.40. The van der Waals surface area contributed by atoms with Crippen LogP contribution in [0.5, 0.6) is 0 Å². The number of sulfonamides is 1. The van der Waals surface area contributed by atoms with E-state index in [-0.39, 0.29) is 21.6 Å². The number of nitrogens with zero attached hydrogens (tertiary/aromatic N) is 2. The van der Waals surface area contributed by atoms with E-state index in [0.29, 0.717) is 18.2 Å². The molecule has 0 saturated carbocycles. The average molecular weight is 428 g/mol. The van der Waals surface area contributed by atoms with Crippen LogP contribution in [0.25, 0.3) is 0 Å². The molecule has 0 unspecified atom stereocenters. The number of fused-ring (bicyclic) bond motifs is 1. The molecule has 1 saturated heterocycles. The molecule has 0 aromatic heterocycles. The minimum atomic E-state index is -3.64. The van der Waals surface area contributed by atoms with Gasteiger partial charge in [0, 0.05) is 13.1 Å². The molecule has 2 aliphatic rings. The SMILES string of the molecule is O=C(ON1C(=O)c2ccccc2C1=O)c1ccc(S(=O)(=O)N2CCCCCC2)cc1. The van der Waals surface area contributed by atoms with Crippen molar-refractivity contribution < 1.29 is 27.6 Å². The van der Waals surface area contributed by atoms with Gasteiger partial charge in [0.15, 0.2) is 0 Å². The van der Waals surface area contributed by atoms with Crippen molar-refractivity contribution in [3.8, 4) is 0 Å². The van der Waals surface area contributed by atoms with Crippen LogP contribution in [-0.4, -0.2) is 48.7 Å². The molecule has 2 aliphatic heterocycles. The second kappa shape index (κ2) is 8.00. The number of amides is 2. The predicted molar refractivity (Wildman–Crippen MR) is 106 cm³/mol. The molecule has 0 bridgehead atoms. The van der Waals surface area contributed by atoms with Crippen LogP contribution >= 0.6 is 0 Å². The molecule has 0 spiro atoms. The van der Waals surface area contributed by atoms with Gasteiger partial charge in [0.2, 0.25) is 10.0 Å². The smallest absolute Gasteiger partial charge is 0.324 e. The molecule has 0 N–H and O–H groups in total. The molecule has 30 heavy (non-hydrogen) atoms. The first-order valence-corrected chi connectivity index (χ1v) is 11.1. The summed E-state index contributed by atoms with van der Waals surface area (Å²) >= 11 is 0. The van der Waals surface area contributed by atoms with E-state index in [0.717, 1.165) is 25.7 Å². The first-order chi connectivity index (χ1) is 14.4. The second-order valence-electron chi connectivity index (χ2n) is 7.17. The van der Waals surface area contributed by atoms with Crippen LogP contribution in [0, 0.1) is 0 Å². The van der Waals surface area contributed by atoms with Crippen LogP contribution in [0.4, 0.5) is 0 Å². The third-order valence-electron chi connectivity index (χ3n) is 5.22. The standard InChI is InChI=1S/C21H20N2O6S/c24-19-17-7-3-4-8-18(17)20(25)23(19)29-21(26)15-9-11-16(12-10-15)30(27,28)22-13-5-1-2-6-14-22/h3-4,7-12H,1-2,5-6,13-14H2. The molecule has 8 nitrogen and oxygen atoms in total. The summed E-state index contributed by atoms with van der Waals surface area (Å²) in [6.45, 7) is 0.956. The molecule has 156 valence electrons. The summed E-state index contributed by atoms with van der Waals surface area (Å²) in [4.78, 5) is 42.1. The molecule has 2 aromatic rings. The van der Waals surface area contributed by atoms with Gasteiger partial charge in [0.1, 0.15) is 0 Å². The van der Waals surface area contributed by atoms with E-state index in [2.05, 4.69) is 0 Å². The van der Waals surface area contributed by atoms with Crippen LogP contribution in [-0.2, 0) is 14.9 Å². The van der Waals surface area contributed by atoms with Crippen molar-refractivity contribution in [3.63, 3.8) is 0 Å². The van der Waals surface area contributed by atoms with Crippen LogP contribution in [0.3, 0.4) is 0 Å². The van der Waals surface area contributed by atoms with E-state index in [1.54, 1.807) is 12.1 Å². The maximum absolute atomic E-state index is 12.8. The van der Waals surface area contributed by atoms with Gasteiger partial charge in [-0.3, -0.25) is 9.59 Å².